The van der Waals surface area contributed by atoms with E-state index in [1.807, 2.05) is 35.2 Å². The van der Waals surface area contributed by atoms with E-state index in [0.29, 0.717) is 5.69 Å². The van der Waals surface area contributed by atoms with Gasteiger partial charge >= 0.3 is 0 Å². The first-order valence-corrected chi connectivity index (χ1v) is 6.25. The third-order valence-electron chi connectivity index (χ3n) is 3.51. The van der Waals surface area contributed by atoms with Gasteiger partial charge in [0.2, 0.25) is 0 Å². The molecule has 1 atom stereocenters. The van der Waals surface area contributed by atoms with Crippen molar-refractivity contribution in [3.05, 3.63) is 49.1 Å². The zero-order valence-corrected chi connectivity index (χ0v) is 10.2. The van der Waals surface area contributed by atoms with Crippen molar-refractivity contribution in [1.82, 2.24) is 9.88 Å². The van der Waals surface area contributed by atoms with Gasteiger partial charge in [-0.3, -0.25) is 9.78 Å². The second-order valence-corrected chi connectivity index (χ2v) is 4.68. The Labute approximate surface area is 106 Å². The Kier molecular flexibility index (Phi) is 2.74. The van der Waals surface area contributed by atoms with Crippen molar-refractivity contribution in [2.75, 3.05) is 6.54 Å². The molecular weight excluding hydrogens is 224 g/mol. The maximum absolute atomic E-state index is 12.5. The van der Waals surface area contributed by atoms with E-state index in [9.17, 15) is 4.79 Å². The summed E-state index contributed by atoms with van der Waals surface area (Å²) >= 11 is 0. The highest BCUT2D eigenvalue weighted by Crippen LogP contribution is 2.22. The average molecular weight is 239 g/mol. The number of likely N-dealkylation sites (tertiary alicyclic amines) is 1. The van der Waals surface area contributed by atoms with E-state index in [1.54, 1.807) is 6.20 Å². The Morgan fingerprint density at radius 3 is 2.94 bits per heavy atom. The summed E-state index contributed by atoms with van der Waals surface area (Å²) in [6.07, 6.45) is 3.71. The van der Waals surface area contributed by atoms with Crippen molar-refractivity contribution in [3.8, 4) is 0 Å². The summed E-state index contributed by atoms with van der Waals surface area (Å²) in [5.41, 5.74) is 0.545. The van der Waals surface area contributed by atoms with Crippen LogP contribution in [-0.2, 0) is 0 Å². The quantitative estimate of drug-likeness (QED) is 0.766. The topological polar surface area (TPSA) is 33.2 Å². The molecule has 2 aromatic rings. The second kappa shape index (κ2) is 4.41. The first-order chi connectivity index (χ1) is 8.77. The lowest BCUT2D eigenvalue weighted by Gasteiger charge is -2.21. The van der Waals surface area contributed by atoms with Crippen molar-refractivity contribution < 1.29 is 4.79 Å². The minimum absolute atomic E-state index is 0.00398. The van der Waals surface area contributed by atoms with Gasteiger partial charge in [-0.25, -0.2) is 0 Å². The number of aromatic nitrogens is 1. The first kappa shape index (κ1) is 11.2. The second-order valence-electron chi connectivity index (χ2n) is 4.68. The van der Waals surface area contributed by atoms with E-state index in [4.69, 9.17) is 0 Å². The molecule has 91 valence electrons. The fourth-order valence-corrected chi connectivity index (χ4v) is 2.53. The van der Waals surface area contributed by atoms with Crippen LogP contribution < -0.4 is 0 Å². The maximum Gasteiger partial charge on any atom is 0.273 e. The van der Waals surface area contributed by atoms with Crippen LogP contribution >= 0.6 is 0 Å². The van der Waals surface area contributed by atoms with E-state index in [1.165, 1.54) is 0 Å². The summed E-state index contributed by atoms with van der Waals surface area (Å²) in [6.45, 7) is 4.81. The molecule has 0 bridgehead atoms. The van der Waals surface area contributed by atoms with Crippen LogP contribution in [0.15, 0.2) is 36.5 Å². The van der Waals surface area contributed by atoms with Crippen LogP contribution in [0.3, 0.4) is 0 Å². The lowest BCUT2D eigenvalue weighted by atomic mass is 10.1. The van der Waals surface area contributed by atoms with Gasteiger partial charge in [0.15, 0.2) is 0 Å². The van der Waals surface area contributed by atoms with Crippen molar-refractivity contribution in [3.63, 3.8) is 0 Å². The predicted molar refractivity (Wildman–Crippen MR) is 71.2 cm³/mol. The highest BCUT2D eigenvalue weighted by molar-refractivity contribution is 6.05. The molecule has 1 aliphatic heterocycles. The zero-order valence-electron chi connectivity index (χ0n) is 10.2. The largest absolute Gasteiger partial charge is 0.334 e. The molecule has 1 saturated heterocycles. The van der Waals surface area contributed by atoms with Crippen molar-refractivity contribution in [2.24, 2.45) is 0 Å². The molecule has 1 aromatic carbocycles. The van der Waals surface area contributed by atoms with Gasteiger partial charge in [-0.2, -0.15) is 0 Å². The minimum Gasteiger partial charge on any atom is -0.334 e. The summed E-state index contributed by atoms with van der Waals surface area (Å²) in [7, 11) is 0. The molecule has 0 unspecified atom stereocenters. The number of amides is 1. The molecule has 2 heterocycles. The number of hydrogen-bond donors (Lipinski definition) is 0. The van der Waals surface area contributed by atoms with Gasteiger partial charge in [0.1, 0.15) is 5.69 Å². The number of pyridine rings is 1. The fraction of sp³-hybridized carbons (Fsp3) is 0.267. The van der Waals surface area contributed by atoms with E-state index >= 15 is 0 Å². The standard InChI is InChI=1S/C15H15N2O/c1-11-5-4-10-17(11)15(18)14-13-7-3-2-6-12(13)8-9-16-14/h2-3,6-9,11H,1,4-5,10H2/t11-/m1/s1. The molecule has 0 N–H and O–H groups in total. The summed E-state index contributed by atoms with van der Waals surface area (Å²) < 4.78 is 0. The fourth-order valence-electron chi connectivity index (χ4n) is 2.53. The number of hydrogen-bond acceptors (Lipinski definition) is 2. The van der Waals surface area contributed by atoms with Crippen LogP contribution in [0.25, 0.3) is 10.8 Å². The highest BCUT2D eigenvalue weighted by Gasteiger charge is 2.27. The van der Waals surface area contributed by atoms with Gasteiger partial charge < -0.3 is 4.90 Å². The molecular formula is C15H15N2O. The molecule has 1 amide bonds. The van der Waals surface area contributed by atoms with Crippen molar-refractivity contribution >= 4 is 16.7 Å². The number of nitrogens with zero attached hydrogens (tertiary/aromatic N) is 2. The van der Waals surface area contributed by atoms with Crippen LogP contribution in [-0.4, -0.2) is 28.4 Å². The SMILES string of the molecule is [CH2][C@@H]1CCCN1C(=O)c1nccc2ccccc12. The van der Waals surface area contributed by atoms with Gasteiger partial charge in [0.05, 0.1) is 0 Å². The van der Waals surface area contributed by atoms with E-state index in [2.05, 4.69) is 11.9 Å². The van der Waals surface area contributed by atoms with E-state index in [-0.39, 0.29) is 11.9 Å². The van der Waals surface area contributed by atoms with Gasteiger partial charge in [-0.15, -0.1) is 0 Å². The predicted octanol–water partition coefficient (Wildman–Crippen LogP) is 2.67. The van der Waals surface area contributed by atoms with Crippen LogP contribution in [0.1, 0.15) is 23.3 Å². The average Bonchev–Trinajstić information content (AvgIpc) is 2.83. The molecule has 0 spiro atoms. The number of benzene rings is 1. The van der Waals surface area contributed by atoms with Gasteiger partial charge in [0.25, 0.3) is 5.91 Å². The lowest BCUT2D eigenvalue weighted by molar-refractivity contribution is 0.0756. The number of carbonyl (C=O) groups excluding carboxylic acids is 1. The molecule has 3 nitrogen and oxygen atoms in total. The van der Waals surface area contributed by atoms with E-state index < -0.39 is 0 Å². The summed E-state index contributed by atoms with van der Waals surface area (Å²) in [4.78, 5) is 18.6. The summed E-state index contributed by atoms with van der Waals surface area (Å²) in [6, 6.07) is 9.86. The summed E-state index contributed by atoms with van der Waals surface area (Å²) in [5, 5.41) is 1.97. The van der Waals surface area contributed by atoms with Crippen LogP contribution in [0.4, 0.5) is 0 Å². The number of rotatable bonds is 1. The smallest absolute Gasteiger partial charge is 0.273 e. The van der Waals surface area contributed by atoms with Crippen LogP contribution in [0.2, 0.25) is 0 Å². The van der Waals surface area contributed by atoms with Crippen LogP contribution in [0.5, 0.6) is 0 Å². The molecule has 1 aromatic heterocycles. The van der Waals surface area contributed by atoms with Gasteiger partial charge in [-0.05, 0) is 31.2 Å². The highest BCUT2D eigenvalue weighted by atomic mass is 16.2. The van der Waals surface area contributed by atoms with Crippen LogP contribution in [0, 0.1) is 6.92 Å². The van der Waals surface area contributed by atoms with Crippen molar-refractivity contribution in [1.29, 1.82) is 0 Å². The number of fused-ring (bicyclic) bond motifs is 1. The number of carbonyl (C=O) groups is 1. The minimum atomic E-state index is 0.00398. The third-order valence-corrected chi connectivity index (χ3v) is 3.51. The molecule has 1 fully saturated rings. The van der Waals surface area contributed by atoms with Gasteiger partial charge in [0, 0.05) is 24.2 Å². The zero-order chi connectivity index (χ0) is 12.5. The van der Waals surface area contributed by atoms with Crippen molar-refractivity contribution in [2.45, 2.75) is 18.9 Å². The normalized spacial score (nSPS) is 19.4. The molecule has 0 saturated carbocycles. The van der Waals surface area contributed by atoms with Gasteiger partial charge in [-0.1, -0.05) is 24.3 Å². The Balaban J connectivity index is 2.06. The molecule has 3 rings (SSSR count). The monoisotopic (exact) mass is 239 g/mol. The van der Waals surface area contributed by atoms with E-state index in [0.717, 1.165) is 30.2 Å². The Hall–Kier alpha value is -1.90. The summed E-state index contributed by atoms with van der Waals surface area (Å²) in [5.74, 6) is 0.00398. The molecule has 1 radical (unpaired) electrons. The molecule has 3 heteroatoms. The molecule has 0 aliphatic carbocycles. The molecule has 1 aliphatic rings. The Morgan fingerprint density at radius 2 is 2.17 bits per heavy atom. The maximum atomic E-state index is 12.5. The third kappa shape index (κ3) is 1.76. The first-order valence-electron chi connectivity index (χ1n) is 6.25. The lowest BCUT2D eigenvalue weighted by Crippen LogP contribution is -2.34. The Morgan fingerprint density at radius 1 is 1.33 bits per heavy atom. The molecule has 18 heavy (non-hydrogen) atoms. The Bertz CT molecular complexity index is 589.